The molecule has 44 valence electrons. The molecule has 0 aliphatic carbocycles. The fourth-order valence-corrected chi connectivity index (χ4v) is 0.784. The van der Waals surface area contributed by atoms with Gasteiger partial charge in [0.25, 0.3) is 10.1 Å². The van der Waals surface area contributed by atoms with Gasteiger partial charge in [0.1, 0.15) is 0 Å². The van der Waals surface area contributed by atoms with Crippen molar-refractivity contribution in [1.29, 1.82) is 0 Å². The summed E-state index contributed by atoms with van der Waals surface area (Å²) in [7, 11) is 0. The minimum Gasteiger partial charge on any atom is -0.404 e. The summed E-state index contributed by atoms with van der Waals surface area (Å²) in [6.45, 7) is 0. The van der Waals surface area contributed by atoms with Crippen LogP contribution in [0, 0.1) is 4.84 Å². The molecule has 0 aliphatic heterocycles. The van der Waals surface area contributed by atoms with Crippen LogP contribution in [-0.4, -0.2) is 16.5 Å². The quantitative estimate of drug-likeness (QED) is 0.483. The molecule has 0 bridgehead atoms. The highest BCUT2D eigenvalue weighted by Crippen LogP contribution is 2.08. The van der Waals surface area contributed by atoms with Crippen LogP contribution in [0.15, 0.2) is 9.64 Å². The standard InChI is InChI=1S/C3H4N2OS2/c1-8-3-5-4-2(7)6-3/h1H3,(H,4,7). The first-order chi connectivity index (χ1) is 3.83. The van der Waals surface area contributed by atoms with Crippen molar-refractivity contribution >= 4 is 24.0 Å². The third kappa shape index (κ3) is 1.10. The van der Waals surface area contributed by atoms with Crippen LogP contribution in [0.25, 0.3) is 0 Å². The van der Waals surface area contributed by atoms with E-state index in [4.69, 9.17) is 4.42 Å². The van der Waals surface area contributed by atoms with E-state index in [0.717, 1.165) is 0 Å². The summed E-state index contributed by atoms with van der Waals surface area (Å²) in [6.07, 6.45) is 1.87. The Labute approximate surface area is 55.5 Å². The number of aromatic nitrogens is 2. The maximum absolute atomic E-state index is 4.84. The van der Waals surface area contributed by atoms with E-state index in [1.54, 1.807) is 0 Å². The molecule has 5 heteroatoms. The molecule has 0 amide bonds. The number of rotatable bonds is 1. The zero-order valence-corrected chi connectivity index (χ0v) is 5.80. The Kier molecular flexibility index (Phi) is 1.69. The number of thioether (sulfide) groups is 1. The van der Waals surface area contributed by atoms with Crippen molar-refractivity contribution < 1.29 is 4.42 Å². The Morgan fingerprint density at radius 1 is 1.88 bits per heavy atom. The first kappa shape index (κ1) is 5.84. The first-order valence-corrected chi connectivity index (χ1v) is 3.55. The largest absolute Gasteiger partial charge is 0.404 e. The Hall–Kier alpha value is -0.290. The summed E-state index contributed by atoms with van der Waals surface area (Å²) in [5, 5.41) is 6.78. The zero-order valence-electron chi connectivity index (χ0n) is 4.17. The molecule has 1 aromatic heterocycles. The van der Waals surface area contributed by atoms with Gasteiger partial charge in [-0.25, -0.2) is 5.10 Å². The van der Waals surface area contributed by atoms with E-state index in [9.17, 15) is 0 Å². The van der Waals surface area contributed by atoms with E-state index in [0.29, 0.717) is 10.1 Å². The smallest absolute Gasteiger partial charge is 0.284 e. The lowest BCUT2D eigenvalue weighted by Gasteiger charge is -1.75. The molecule has 0 fully saturated rings. The van der Waals surface area contributed by atoms with E-state index in [2.05, 4.69) is 22.4 Å². The molecule has 1 heterocycles. The highest BCUT2D eigenvalue weighted by molar-refractivity contribution is 7.98. The first-order valence-electron chi connectivity index (χ1n) is 1.92. The predicted octanol–water partition coefficient (Wildman–Crippen LogP) is 1.45. The van der Waals surface area contributed by atoms with Crippen LogP contribution in [0.4, 0.5) is 0 Å². The van der Waals surface area contributed by atoms with E-state index in [1.807, 2.05) is 6.26 Å². The van der Waals surface area contributed by atoms with E-state index in [1.165, 1.54) is 11.8 Å². The van der Waals surface area contributed by atoms with Crippen molar-refractivity contribution in [3.05, 3.63) is 4.84 Å². The van der Waals surface area contributed by atoms with Crippen LogP contribution < -0.4 is 0 Å². The molecule has 3 nitrogen and oxygen atoms in total. The Balaban J connectivity index is 3.01. The van der Waals surface area contributed by atoms with Crippen LogP contribution in [0.5, 0.6) is 0 Å². The van der Waals surface area contributed by atoms with Gasteiger partial charge in [0, 0.05) is 0 Å². The monoisotopic (exact) mass is 148 g/mol. The summed E-state index contributed by atoms with van der Waals surface area (Å²) in [6, 6.07) is 0. The van der Waals surface area contributed by atoms with Crippen LogP contribution in [0.3, 0.4) is 0 Å². The van der Waals surface area contributed by atoms with Crippen LogP contribution in [0.1, 0.15) is 0 Å². The Morgan fingerprint density at radius 3 is 2.88 bits per heavy atom. The molecular formula is C3H4N2OS2. The normalized spacial score (nSPS) is 9.62. The maximum Gasteiger partial charge on any atom is 0.284 e. The lowest BCUT2D eigenvalue weighted by atomic mass is 11.5. The lowest BCUT2D eigenvalue weighted by Crippen LogP contribution is -1.65. The van der Waals surface area contributed by atoms with Gasteiger partial charge in [0.15, 0.2) is 0 Å². The second kappa shape index (κ2) is 2.32. The third-order valence-electron chi connectivity index (χ3n) is 0.593. The maximum atomic E-state index is 4.84. The van der Waals surface area contributed by atoms with Gasteiger partial charge in [0.05, 0.1) is 0 Å². The van der Waals surface area contributed by atoms with Crippen LogP contribution in [0.2, 0.25) is 0 Å². The summed E-state index contributed by atoms with van der Waals surface area (Å²) in [4.78, 5) is 0.328. The number of hydrogen-bond donors (Lipinski definition) is 1. The van der Waals surface area contributed by atoms with Gasteiger partial charge in [-0.15, -0.1) is 5.10 Å². The van der Waals surface area contributed by atoms with Crippen LogP contribution >= 0.6 is 24.0 Å². The molecule has 0 saturated carbocycles. The second-order valence-electron chi connectivity index (χ2n) is 1.08. The van der Waals surface area contributed by atoms with Crippen molar-refractivity contribution in [1.82, 2.24) is 10.2 Å². The number of hydrogen-bond acceptors (Lipinski definition) is 4. The molecule has 0 radical (unpaired) electrons. The van der Waals surface area contributed by atoms with Crippen molar-refractivity contribution in [3.63, 3.8) is 0 Å². The number of nitrogens with zero attached hydrogens (tertiary/aromatic N) is 1. The zero-order chi connectivity index (χ0) is 5.98. The van der Waals surface area contributed by atoms with E-state index in [-0.39, 0.29) is 0 Å². The molecule has 1 aromatic rings. The summed E-state index contributed by atoms with van der Waals surface area (Å²) >= 11 is 6.02. The van der Waals surface area contributed by atoms with Gasteiger partial charge in [-0.2, -0.15) is 0 Å². The van der Waals surface area contributed by atoms with Crippen LogP contribution in [-0.2, 0) is 0 Å². The van der Waals surface area contributed by atoms with Gasteiger partial charge in [-0.3, -0.25) is 0 Å². The Bertz CT molecular complexity index is 215. The van der Waals surface area contributed by atoms with Gasteiger partial charge >= 0.3 is 0 Å². The van der Waals surface area contributed by atoms with Crippen molar-refractivity contribution in [2.45, 2.75) is 5.22 Å². The Morgan fingerprint density at radius 2 is 2.62 bits per heavy atom. The summed E-state index contributed by atoms with van der Waals surface area (Å²) in [5.41, 5.74) is 0. The molecule has 1 N–H and O–H groups in total. The summed E-state index contributed by atoms with van der Waals surface area (Å²) < 4.78 is 4.84. The molecule has 0 spiro atoms. The topological polar surface area (TPSA) is 41.8 Å². The van der Waals surface area contributed by atoms with Crippen molar-refractivity contribution in [2.75, 3.05) is 6.26 Å². The molecule has 0 aromatic carbocycles. The summed E-state index contributed by atoms with van der Waals surface area (Å²) in [5.74, 6) is 0. The fraction of sp³-hybridized carbons (Fsp3) is 0.333. The lowest BCUT2D eigenvalue weighted by molar-refractivity contribution is 0.442. The molecule has 0 atom stereocenters. The molecular weight excluding hydrogens is 144 g/mol. The average molecular weight is 148 g/mol. The van der Waals surface area contributed by atoms with Gasteiger partial charge in [-0.05, 0) is 18.5 Å². The molecule has 0 unspecified atom stereocenters. The molecule has 0 saturated heterocycles. The van der Waals surface area contributed by atoms with Crippen molar-refractivity contribution in [3.8, 4) is 0 Å². The fourth-order valence-electron chi connectivity index (χ4n) is 0.304. The average Bonchev–Trinajstić information content (AvgIpc) is 2.14. The highest BCUT2D eigenvalue weighted by atomic mass is 32.2. The number of aromatic amines is 1. The van der Waals surface area contributed by atoms with Crippen molar-refractivity contribution in [2.24, 2.45) is 0 Å². The molecule has 1 rings (SSSR count). The van der Waals surface area contributed by atoms with Gasteiger partial charge < -0.3 is 4.42 Å². The minimum atomic E-state index is 0.328. The number of nitrogens with one attached hydrogen (secondary N) is 1. The van der Waals surface area contributed by atoms with E-state index >= 15 is 0 Å². The predicted molar refractivity (Wildman–Crippen MR) is 33.5 cm³/mol. The van der Waals surface area contributed by atoms with Gasteiger partial charge in [0.2, 0.25) is 0 Å². The third-order valence-corrected chi connectivity index (χ3v) is 1.29. The highest BCUT2D eigenvalue weighted by Gasteiger charge is 1.91. The SMILES string of the molecule is CSc1n[nH]c(=S)o1. The number of H-pyrrole nitrogens is 1. The molecule has 0 aliphatic rings. The molecule has 8 heavy (non-hydrogen) atoms. The van der Waals surface area contributed by atoms with E-state index < -0.39 is 0 Å². The minimum absolute atomic E-state index is 0.328. The van der Waals surface area contributed by atoms with Gasteiger partial charge in [-0.1, -0.05) is 11.8 Å². The second-order valence-corrected chi connectivity index (χ2v) is 2.21.